The summed E-state index contributed by atoms with van der Waals surface area (Å²) >= 11 is 0. The van der Waals surface area contributed by atoms with Crippen molar-refractivity contribution >= 4 is 11.8 Å². The lowest BCUT2D eigenvalue weighted by Crippen LogP contribution is -2.48. The third-order valence-electron chi connectivity index (χ3n) is 4.46. The molecule has 5 nitrogen and oxygen atoms in total. The highest BCUT2D eigenvalue weighted by Gasteiger charge is 2.42. The van der Waals surface area contributed by atoms with E-state index in [4.69, 9.17) is 0 Å². The second-order valence-electron chi connectivity index (χ2n) is 6.54. The van der Waals surface area contributed by atoms with Gasteiger partial charge in [0.15, 0.2) is 0 Å². The van der Waals surface area contributed by atoms with Crippen molar-refractivity contribution < 1.29 is 9.59 Å². The molecule has 2 amide bonds. The molecular formula is C15H27N3O2. The van der Waals surface area contributed by atoms with Crippen LogP contribution in [-0.2, 0) is 9.59 Å². The predicted molar refractivity (Wildman–Crippen MR) is 78.2 cm³/mol. The van der Waals surface area contributed by atoms with Crippen molar-refractivity contribution in [2.45, 2.75) is 38.5 Å². The minimum atomic E-state index is -0.365. The van der Waals surface area contributed by atoms with Gasteiger partial charge in [-0.2, -0.15) is 0 Å². The maximum atomic E-state index is 12.4. The summed E-state index contributed by atoms with van der Waals surface area (Å²) in [7, 11) is 3.59. The number of carbonyl (C=O) groups is 2. The van der Waals surface area contributed by atoms with Gasteiger partial charge in [0.05, 0.1) is 12.0 Å². The molecule has 0 unspecified atom stereocenters. The van der Waals surface area contributed by atoms with Crippen LogP contribution in [0.2, 0.25) is 0 Å². The smallest absolute Gasteiger partial charge is 0.233 e. The molecule has 0 aliphatic heterocycles. The van der Waals surface area contributed by atoms with Gasteiger partial charge in [-0.05, 0) is 38.1 Å². The lowest BCUT2D eigenvalue weighted by atomic mass is 9.84. The number of nitrogens with zero attached hydrogens (tertiary/aromatic N) is 1. The fourth-order valence-electron chi connectivity index (χ4n) is 3.03. The van der Waals surface area contributed by atoms with E-state index in [0.717, 1.165) is 38.1 Å². The fraction of sp³-hybridized carbons (Fsp3) is 0.867. The number of hydrogen-bond donors (Lipinski definition) is 2. The molecule has 20 heavy (non-hydrogen) atoms. The van der Waals surface area contributed by atoms with Crippen LogP contribution >= 0.6 is 0 Å². The highest BCUT2D eigenvalue weighted by Crippen LogP contribution is 2.38. The first-order valence-electron chi connectivity index (χ1n) is 7.73. The Balaban J connectivity index is 1.76. The van der Waals surface area contributed by atoms with Gasteiger partial charge in [-0.15, -0.1) is 0 Å². The van der Waals surface area contributed by atoms with E-state index in [1.807, 2.05) is 0 Å². The molecule has 0 bridgehead atoms. The van der Waals surface area contributed by atoms with Crippen LogP contribution < -0.4 is 10.6 Å². The summed E-state index contributed by atoms with van der Waals surface area (Å²) in [5.41, 5.74) is -0.365. The zero-order chi connectivity index (χ0) is 14.6. The molecule has 0 aromatic heterocycles. The zero-order valence-electron chi connectivity index (χ0n) is 12.7. The van der Waals surface area contributed by atoms with Gasteiger partial charge >= 0.3 is 0 Å². The second kappa shape index (κ2) is 6.57. The van der Waals surface area contributed by atoms with Gasteiger partial charge in [-0.3, -0.25) is 9.59 Å². The van der Waals surface area contributed by atoms with E-state index < -0.39 is 0 Å². The van der Waals surface area contributed by atoms with Crippen LogP contribution in [0.4, 0.5) is 0 Å². The highest BCUT2D eigenvalue weighted by molar-refractivity contribution is 5.84. The van der Waals surface area contributed by atoms with E-state index in [9.17, 15) is 9.59 Å². The summed E-state index contributed by atoms with van der Waals surface area (Å²) in [5, 5.41) is 6.13. The summed E-state index contributed by atoms with van der Waals surface area (Å²) in [4.78, 5) is 25.8. The average Bonchev–Trinajstić information content (AvgIpc) is 3.12. The minimum absolute atomic E-state index is 0.00322. The lowest BCUT2D eigenvalue weighted by molar-refractivity contribution is -0.139. The zero-order valence-corrected chi connectivity index (χ0v) is 12.7. The monoisotopic (exact) mass is 281 g/mol. The van der Waals surface area contributed by atoms with Crippen molar-refractivity contribution in [2.24, 2.45) is 11.3 Å². The summed E-state index contributed by atoms with van der Waals surface area (Å²) in [6, 6.07) is 0. The maximum absolute atomic E-state index is 12.4. The van der Waals surface area contributed by atoms with Gasteiger partial charge in [0, 0.05) is 20.6 Å². The molecule has 2 saturated carbocycles. The number of hydrogen-bond acceptors (Lipinski definition) is 3. The van der Waals surface area contributed by atoms with Crippen molar-refractivity contribution in [1.82, 2.24) is 15.5 Å². The molecule has 0 saturated heterocycles. The molecular weight excluding hydrogens is 254 g/mol. The Bertz CT molecular complexity index is 358. The number of rotatable bonds is 7. The third kappa shape index (κ3) is 3.95. The molecule has 0 aromatic carbocycles. The Morgan fingerprint density at radius 2 is 1.85 bits per heavy atom. The van der Waals surface area contributed by atoms with E-state index in [1.54, 1.807) is 19.0 Å². The van der Waals surface area contributed by atoms with Gasteiger partial charge in [-0.1, -0.05) is 12.8 Å². The van der Waals surface area contributed by atoms with Crippen LogP contribution in [0.1, 0.15) is 38.5 Å². The molecule has 0 spiro atoms. The van der Waals surface area contributed by atoms with Crippen molar-refractivity contribution in [3.05, 3.63) is 0 Å². The quantitative estimate of drug-likeness (QED) is 0.724. The molecule has 2 N–H and O–H groups in total. The first-order valence-corrected chi connectivity index (χ1v) is 7.73. The van der Waals surface area contributed by atoms with E-state index in [-0.39, 0.29) is 17.2 Å². The molecule has 2 aliphatic carbocycles. The highest BCUT2D eigenvalue weighted by atomic mass is 16.2. The van der Waals surface area contributed by atoms with Gasteiger partial charge in [0.25, 0.3) is 0 Å². The molecule has 2 aliphatic rings. The third-order valence-corrected chi connectivity index (χ3v) is 4.46. The summed E-state index contributed by atoms with van der Waals surface area (Å²) in [6.07, 6.45) is 6.51. The van der Waals surface area contributed by atoms with Gasteiger partial charge < -0.3 is 15.5 Å². The van der Waals surface area contributed by atoms with E-state index >= 15 is 0 Å². The molecule has 2 fully saturated rings. The van der Waals surface area contributed by atoms with Gasteiger partial charge in [-0.25, -0.2) is 0 Å². The van der Waals surface area contributed by atoms with Crippen molar-refractivity contribution in [3.63, 3.8) is 0 Å². The first-order chi connectivity index (χ1) is 9.53. The number of carbonyl (C=O) groups excluding carboxylic acids is 2. The van der Waals surface area contributed by atoms with Gasteiger partial charge in [0.1, 0.15) is 0 Å². The summed E-state index contributed by atoms with van der Waals surface area (Å²) < 4.78 is 0. The largest absolute Gasteiger partial charge is 0.354 e. The number of amides is 2. The van der Waals surface area contributed by atoms with Crippen LogP contribution in [0, 0.1) is 11.3 Å². The summed E-state index contributed by atoms with van der Waals surface area (Å²) in [5.74, 6) is 0.934. The normalized spacial score (nSPS) is 20.7. The van der Waals surface area contributed by atoms with Crippen molar-refractivity contribution in [2.75, 3.05) is 33.7 Å². The lowest BCUT2D eigenvalue weighted by Gasteiger charge is -2.30. The van der Waals surface area contributed by atoms with Gasteiger partial charge in [0.2, 0.25) is 11.8 Å². The molecule has 2 rings (SSSR count). The fourth-order valence-corrected chi connectivity index (χ4v) is 3.03. The van der Waals surface area contributed by atoms with E-state index in [2.05, 4.69) is 10.6 Å². The standard InChI is InChI=1S/C15H27N3O2/c1-18(2)14(20)15(7-3-4-8-15)11-17-13(19)10-16-9-12-5-6-12/h12,16H,3-11H2,1-2H3,(H,17,19). The molecule has 5 heteroatoms. The average molecular weight is 281 g/mol. The Hall–Kier alpha value is -1.10. The second-order valence-corrected chi connectivity index (χ2v) is 6.54. The number of nitrogens with one attached hydrogen (secondary N) is 2. The minimum Gasteiger partial charge on any atom is -0.354 e. The topological polar surface area (TPSA) is 61.4 Å². The maximum Gasteiger partial charge on any atom is 0.233 e. The SMILES string of the molecule is CN(C)C(=O)C1(CNC(=O)CNCC2CC2)CCCC1. The predicted octanol–water partition coefficient (Wildman–Crippen LogP) is 0.751. The van der Waals surface area contributed by atoms with E-state index in [1.165, 1.54) is 12.8 Å². The van der Waals surface area contributed by atoms with Crippen molar-refractivity contribution in [3.8, 4) is 0 Å². The van der Waals surface area contributed by atoms with Crippen LogP contribution in [0.15, 0.2) is 0 Å². The summed E-state index contributed by atoms with van der Waals surface area (Å²) in [6.45, 7) is 1.78. The Morgan fingerprint density at radius 1 is 1.20 bits per heavy atom. The first kappa shape index (κ1) is 15.3. The van der Waals surface area contributed by atoms with E-state index in [0.29, 0.717) is 13.1 Å². The Kier molecular flexibility index (Phi) is 5.02. The van der Waals surface area contributed by atoms with Crippen molar-refractivity contribution in [1.29, 1.82) is 0 Å². The Labute approximate surface area is 121 Å². The van der Waals surface area contributed by atoms with Crippen LogP contribution in [0.5, 0.6) is 0 Å². The van der Waals surface area contributed by atoms with Crippen LogP contribution in [0.3, 0.4) is 0 Å². The molecule has 0 heterocycles. The Morgan fingerprint density at radius 3 is 2.40 bits per heavy atom. The molecule has 114 valence electrons. The molecule has 0 radical (unpaired) electrons. The molecule has 0 aromatic rings. The molecule has 0 atom stereocenters. The van der Waals surface area contributed by atoms with Crippen LogP contribution in [0.25, 0.3) is 0 Å². The van der Waals surface area contributed by atoms with Crippen LogP contribution in [-0.4, -0.2) is 50.4 Å².